The standard InChI is InChI=1S/C14H12F4N2O/c1-20(11-5-3-2-4-8(11)15)12-7-13(21-14(17)18)9(16)6-10(12)19/h2-7,14H,19H2,1H3. The van der Waals surface area contributed by atoms with Gasteiger partial charge in [-0.1, -0.05) is 12.1 Å². The van der Waals surface area contributed by atoms with Gasteiger partial charge in [-0.05, 0) is 12.1 Å². The van der Waals surface area contributed by atoms with Crippen LogP contribution >= 0.6 is 0 Å². The Kier molecular flexibility index (Phi) is 4.21. The van der Waals surface area contributed by atoms with E-state index in [9.17, 15) is 17.6 Å². The first kappa shape index (κ1) is 15.0. The molecule has 2 N–H and O–H groups in total. The number of ether oxygens (including phenoxy) is 1. The van der Waals surface area contributed by atoms with E-state index in [-0.39, 0.29) is 17.1 Å². The van der Waals surface area contributed by atoms with Crippen LogP contribution in [-0.2, 0) is 0 Å². The molecular formula is C14H12F4N2O. The van der Waals surface area contributed by atoms with Gasteiger partial charge >= 0.3 is 6.61 Å². The van der Waals surface area contributed by atoms with Crippen LogP contribution in [0.3, 0.4) is 0 Å². The van der Waals surface area contributed by atoms with Crippen molar-refractivity contribution in [2.24, 2.45) is 0 Å². The highest BCUT2D eigenvalue weighted by atomic mass is 19.3. The highest BCUT2D eigenvalue weighted by Gasteiger charge is 2.17. The van der Waals surface area contributed by atoms with E-state index < -0.39 is 24.0 Å². The predicted octanol–water partition coefficient (Wildman–Crippen LogP) is 3.92. The van der Waals surface area contributed by atoms with Gasteiger partial charge in [-0.2, -0.15) is 8.78 Å². The molecule has 3 nitrogen and oxygen atoms in total. The van der Waals surface area contributed by atoms with Crippen LogP contribution in [-0.4, -0.2) is 13.7 Å². The molecule has 2 aromatic rings. The molecule has 0 aliphatic heterocycles. The summed E-state index contributed by atoms with van der Waals surface area (Å²) in [5.41, 5.74) is 5.95. The van der Waals surface area contributed by atoms with Crippen molar-refractivity contribution >= 4 is 17.1 Å². The Morgan fingerprint density at radius 3 is 2.33 bits per heavy atom. The number of halogens is 4. The molecule has 0 spiro atoms. The normalized spacial score (nSPS) is 10.8. The van der Waals surface area contributed by atoms with Gasteiger partial charge in [-0.25, -0.2) is 8.78 Å². The topological polar surface area (TPSA) is 38.5 Å². The summed E-state index contributed by atoms with van der Waals surface area (Å²) in [6.45, 7) is -3.17. The highest BCUT2D eigenvalue weighted by Crippen LogP contribution is 2.35. The second kappa shape index (κ2) is 5.90. The van der Waals surface area contributed by atoms with Crippen LogP contribution in [0.25, 0.3) is 0 Å². The summed E-state index contributed by atoms with van der Waals surface area (Å²) < 4.78 is 55.8. The van der Waals surface area contributed by atoms with E-state index in [1.807, 2.05) is 0 Å². The second-order valence-electron chi connectivity index (χ2n) is 4.23. The molecule has 0 heterocycles. The Hall–Kier alpha value is -2.44. The summed E-state index contributed by atoms with van der Waals surface area (Å²) in [7, 11) is 1.48. The molecule has 21 heavy (non-hydrogen) atoms. The summed E-state index contributed by atoms with van der Waals surface area (Å²) in [4.78, 5) is 1.32. The maximum absolute atomic E-state index is 13.7. The maximum Gasteiger partial charge on any atom is 0.387 e. The maximum atomic E-state index is 13.7. The lowest BCUT2D eigenvalue weighted by Crippen LogP contribution is -2.14. The second-order valence-corrected chi connectivity index (χ2v) is 4.23. The summed E-state index contributed by atoms with van der Waals surface area (Å²) >= 11 is 0. The van der Waals surface area contributed by atoms with E-state index in [1.54, 1.807) is 6.07 Å². The van der Waals surface area contributed by atoms with E-state index >= 15 is 0 Å². The smallest absolute Gasteiger partial charge is 0.387 e. The number of benzene rings is 2. The van der Waals surface area contributed by atoms with Crippen molar-refractivity contribution in [2.45, 2.75) is 6.61 Å². The number of nitrogens with zero attached hydrogens (tertiary/aromatic N) is 1. The summed E-state index contributed by atoms with van der Waals surface area (Å²) in [6, 6.07) is 7.68. The number of hydrogen-bond acceptors (Lipinski definition) is 3. The van der Waals surface area contributed by atoms with Crippen LogP contribution in [0.4, 0.5) is 34.6 Å². The molecular weight excluding hydrogens is 288 g/mol. The first-order valence-corrected chi connectivity index (χ1v) is 5.92. The SMILES string of the molecule is CN(c1cc(OC(F)F)c(F)cc1N)c1ccccc1F. The average molecular weight is 300 g/mol. The number of alkyl halides is 2. The fourth-order valence-electron chi connectivity index (χ4n) is 1.89. The molecule has 0 aromatic heterocycles. The molecule has 0 amide bonds. The lowest BCUT2D eigenvalue weighted by molar-refractivity contribution is -0.0521. The van der Waals surface area contributed by atoms with Gasteiger partial charge in [0.2, 0.25) is 0 Å². The van der Waals surface area contributed by atoms with Gasteiger partial charge < -0.3 is 15.4 Å². The van der Waals surface area contributed by atoms with Crippen LogP contribution in [0.15, 0.2) is 36.4 Å². The van der Waals surface area contributed by atoms with E-state index in [2.05, 4.69) is 4.74 Å². The third kappa shape index (κ3) is 3.18. The minimum atomic E-state index is -3.17. The molecule has 7 heteroatoms. The minimum Gasteiger partial charge on any atom is -0.432 e. The van der Waals surface area contributed by atoms with Crippen molar-refractivity contribution < 1.29 is 22.3 Å². The van der Waals surface area contributed by atoms with E-state index in [4.69, 9.17) is 5.73 Å². The van der Waals surface area contributed by atoms with Crippen LogP contribution in [0, 0.1) is 11.6 Å². The fourth-order valence-corrected chi connectivity index (χ4v) is 1.89. The first-order valence-electron chi connectivity index (χ1n) is 5.92. The predicted molar refractivity (Wildman–Crippen MR) is 71.9 cm³/mol. The van der Waals surface area contributed by atoms with Gasteiger partial charge in [0.1, 0.15) is 5.82 Å². The third-order valence-corrected chi connectivity index (χ3v) is 2.87. The number of rotatable bonds is 4. The summed E-state index contributed by atoms with van der Waals surface area (Å²) in [5.74, 6) is -2.20. The molecule has 2 rings (SSSR count). The Labute approximate surface area is 118 Å². The molecule has 0 saturated carbocycles. The summed E-state index contributed by atoms with van der Waals surface area (Å²) in [5, 5.41) is 0. The average Bonchev–Trinajstić information content (AvgIpc) is 2.41. The number of anilines is 3. The van der Waals surface area contributed by atoms with Gasteiger partial charge in [0.05, 0.1) is 17.1 Å². The van der Waals surface area contributed by atoms with E-state index in [1.165, 1.54) is 30.1 Å². The van der Waals surface area contributed by atoms with Gasteiger partial charge in [-0.3, -0.25) is 0 Å². The van der Waals surface area contributed by atoms with Crippen molar-refractivity contribution in [3.63, 3.8) is 0 Å². The van der Waals surface area contributed by atoms with Gasteiger partial charge in [-0.15, -0.1) is 0 Å². The molecule has 0 unspecified atom stereocenters. The van der Waals surface area contributed by atoms with Crippen molar-refractivity contribution in [3.8, 4) is 5.75 Å². The van der Waals surface area contributed by atoms with E-state index in [0.717, 1.165) is 12.1 Å². The molecule has 0 atom stereocenters. The van der Waals surface area contributed by atoms with Crippen molar-refractivity contribution in [1.29, 1.82) is 0 Å². The lowest BCUT2D eigenvalue weighted by atomic mass is 10.2. The third-order valence-electron chi connectivity index (χ3n) is 2.87. The fraction of sp³-hybridized carbons (Fsp3) is 0.143. The molecule has 0 radical (unpaired) electrons. The minimum absolute atomic E-state index is 0.0279. The number of nitrogen functional groups attached to an aromatic ring is 1. The molecule has 0 saturated heterocycles. The monoisotopic (exact) mass is 300 g/mol. The highest BCUT2D eigenvalue weighted by molar-refractivity contribution is 5.76. The van der Waals surface area contributed by atoms with Crippen LogP contribution < -0.4 is 15.4 Å². The van der Waals surface area contributed by atoms with Crippen molar-refractivity contribution in [3.05, 3.63) is 48.0 Å². The van der Waals surface area contributed by atoms with E-state index in [0.29, 0.717) is 0 Å². The zero-order chi connectivity index (χ0) is 15.6. The van der Waals surface area contributed by atoms with Crippen molar-refractivity contribution in [1.82, 2.24) is 0 Å². The molecule has 0 bridgehead atoms. The van der Waals surface area contributed by atoms with Gasteiger partial charge in [0.15, 0.2) is 11.6 Å². The number of para-hydroxylation sites is 1. The van der Waals surface area contributed by atoms with Gasteiger partial charge in [0.25, 0.3) is 0 Å². The zero-order valence-corrected chi connectivity index (χ0v) is 11.0. The largest absolute Gasteiger partial charge is 0.432 e. The molecule has 2 aromatic carbocycles. The Bertz CT molecular complexity index is 649. The molecule has 0 fully saturated rings. The van der Waals surface area contributed by atoms with Crippen LogP contribution in [0.5, 0.6) is 5.75 Å². The number of hydrogen-bond donors (Lipinski definition) is 1. The Balaban J connectivity index is 2.45. The molecule has 112 valence electrons. The zero-order valence-electron chi connectivity index (χ0n) is 11.0. The van der Waals surface area contributed by atoms with Gasteiger partial charge in [0, 0.05) is 19.2 Å². The van der Waals surface area contributed by atoms with Crippen LogP contribution in [0.2, 0.25) is 0 Å². The molecule has 0 aliphatic carbocycles. The molecule has 0 aliphatic rings. The Morgan fingerprint density at radius 2 is 1.71 bits per heavy atom. The first-order chi connectivity index (χ1) is 9.90. The summed E-state index contributed by atoms with van der Waals surface area (Å²) in [6.07, 6.45) is 0. The quantitative estimate of drug-likeness (QED) is 0.687. The lowest BCUT2D eigenvalue weighted by Gasteiger charge is -2.22. The van der Waals surface area contributed by atoms with Crippen LogP contribution in [0.1, 0.15) is 0 Å². The van der Waals surface area contributed by atoms with Crippen molar-refractivity contribution in [2.75, 3.05) is 17.7 Å². The Morgan fingerprint density at radius 1 is 1.05 bits per heavy atom. The number of nitrogens with two attached hydrogens (primary N) is 1.